The number of pyridine rings is 1. The van der Waals surface area contributed by atoms with Gasteiger partial charge < -0.3 is 9.64 Å². The van der Waals surface area contributed by atoms with Gasteiger partial charge in [-0.2, -0.15) is 0 Å². The molecule has 2 aromatic heterocycles. The van der Waals surface area contributed by atoms with Gasteiger partial charge in [0.2, 0.25) is 0 Å². The van der Waals surface area contributed by atoms with Gasteiger partial charge in [-0.15, -0.1) is 11.3 Å². The standard InChI is InChI=1S/C16H20N2O2S/c1-16(2,3)20-15(19)18(4)11-13-5-6-14(21-13)12-7-9-17-10-8-12/h5-10H,11H2,1-4H3. The number of hydrogen-bond donors (Lipinski definition) is 0. The fourth-order valence-corrected chi connectivity index (χ4v) is 2.84. The van der Waals surface area contributed by atoms with E-state index in [1.807, 2.05) is 39.0 Å². The first kappa shape index (κ1) is 15.5. The second-order valence-electron chi connectivity index (χ2n) is 5.84. The van der Waals surface area contributed by atoms with Crippen molar-refractivity contribution in [2.75, 3.05) is 7.05 Å². The van der Waals surface area contributed by atoms with E-state index in [-0.39, 0.29) is 6.09 Å². The van der Waals surface area contributed by atoms with Crippen LogP contribution in [0.4, 0.5) is 4.79 Å². The van der Waals surface area contributed by atoms with Gasteiger partial charge in [-0.3, -0.25) is 4.98 Å². The van der Waals surface area contributed by atoms with E-state index in [1.54, 1.807) is 35.7 Å². The molecule has 0 saturated heterocycles. The van der Waals surface area contributed by atoms with Crippen molar-refractivity contribution in [1.82, 2.24) is 9.88 Å². The van der Waals surface area contributed by atoms with Gasteiger partial charge in [0.1, 0.15) is 5.60 Å². The Morgan fingerprint density at radius 3 is 2.52 bits per heavy atom. The third-order valence-electron chi connectivity index (χ3n) is 2.72. The molecule has 0 atom stereocenters. The number of aromatic nitrogens is 1. The van der Waals surface area contributed by atoms with Crippen LogP contribution in [0.15, 0.2) is 36.7 Å². The number of nitrogens with zero attached hydrogens (tertiary/aromatic N) is 2. The molecule has 0 saturated carbocycles. The van der Waals surface area contributed by atoms with Crippen LogP contribution in [0, 0.1) is 0 Å². The summed E-state index contributed by atoms with van der Waals surface area (Å²) >= 11 is 1.67. The number of rotatable bonds is 3. The van der Waals surface area contributed by atoms with Crippen molar-refractivity contribution in [3.05, 3.63) is 41.5 Å². The van der Waals surface area contributed by atoms with Gasteiger partial charge in [-0.25, -0.2) is 4.79 Å². The Bertz CT molecular complexity index is 602. The maximum atomic E-state index is 11.9. The molecule has 2 aromatic rings. The fourth-order valence-electron chi connectivity index (χ4n) is 1.77. The van der Waals surface area contributed by atoms with Gasteiger partial charge in [0.15, 0.2) is 0 Å². The lowest BCUT2D eigenvalue weighted by Gasteiger charge is -2.24. The highest BCUT2D eigenvalue weighted by molar-refractivity contribution is 7.15. The number of hydrogen-bond acceptors (Lipinski definition) is 4. The number of carbonyl (C=O) groups is 1. The zero-order chi connectivity index (χ0) is 15.5. The molecular formula is C16H20N2O2S. The Morgan fingerprint density at radius 1 is 1.24 bits per heavy atom. The van der Waals surface area contributed by atoms with E-state index in [0.29, 0.717) is 6.54 Å². The lowest BCUT2D eigenvalue weighted by atomic mass is 10.2. The summed E-state index contributed by atoms with van der Waals surface area (Å²) in [4.78, 5) is 19.8. The van der Waals surface area contributed by atoms with E-state index in [2.05, 4.69) is 11.1 Å². The average molecular weight is 304 g/mol. The molecule has 0 aliphatic carbocycles. The van der Waals surface area contributed by atoms with Crippen molar-refractivity contribution >= 4 is 17.4 Å². The maximum Gasteiger partial charge on any atom is 0.410 e. The summed E-state index contributed by atoms with van der Waals surface area (Å²) < 4.78 is 5.35. The van der Waals surface area contributed by atoms with E-state index in [9.17, 15) is 4.79 Å². The van der Waals surface area contributed by atoms with Gasteiger partial charge in [-0.1, -0.05) is 0 Å². The SMILES string of the molecule is CN(Cc1ccc(-c2ccncc2)s1)C(=O)OC(C)(C)C. The van der Waals surface area contributed by atoms with Gasteiger partial charge in [0.25, 0.3) is 0 Å². The summed E-state index contributed by atoms with van der Waals surface area (Å²) in [5.41, 5.74) is 0.671. The summed E-state index contributed by atoms with van der Waals surface area (Å²) in [6.07, 6.45) is 3.25. The second kappa shape index (κ2) is 6.26. The van der Waals surface area contributed by atoms with Crippen molar-refractivity contribution in [2.45, 2.75) is 32.9 Å². The minimum atomic E-state index is -0.469. The lowest BCUT2D eigenvalue weighted by Crippen LogP contribution is -2.33. The normalized spacial score (nSPS) is 11.2. The predicted octanol–water partition coefficient (Wildman–Crippen LogP) is 4.18. The van der Waals surface area contributed by atoms with Crippen molar-refractivity contribution in [3.8, 4) is 10.4 Å². The summed E-state index contributed by atoms with van der Waals surface area (Å²) in [7, 11) is 1.75. The first-order valence-corrected chi connectivity index (χ1v) is 7.60. The molecule has 5 heteroatoms. The molecule has 0 radical (unpaired) electrons. The first-order chi connectivity index (χ1) is 9.85. The smallest absolute Gasteiger partial charge is 0.410 e. The summed E-state index contributed by atoms with van der Waals surface area (Å²) in [5, 5.41) is 0. The van der Waals surface area contributed by atoms with Crippen LogP contribution < -0.4 is 0 Å². The van der Waals surface area contributed by atoms with Crippen LogP contribution in [0.1, 0.15) is 25.6 Å². The molecule has 0 bridgehead atoms. The molecule has 0 spiro atoms. The van der Waals surface area contributed by atoms with Crippen LogP contribution in [-0.4, -0.2) is 28.6 Å². The molecule has 2 rings (SSSR count). The molecule has 2 heterocycles. The van der Waals surface area contributed by atoms with Crippen LogP contribution >= 0.6 is 11.3 Å². The second-order valence-corrected chi connectivity index (χ2v) is 7.01. The van der Waals surface area contributed by atoms with E-state index < -0.39 is 5.60 Å². The molecule has 0 unspecified atom stereocenters. The minimum absolute atomic E-state index is 0.304. The summed E-state index contributed by atoms with van der Waals surface area (Å²) in [6, 6.07) is 8.07. The Hall–Kier alpha value is -1.88. The highest BCUT2D eigenvalue weighted by Crippen LogP contribution is 2.28. The first-order valence-electron chi connectivity index (χ1n) is 6.78. The summed E-state index contributed by atoms with van der Waals surface area (Å²) in [5.74, 6) is 0. The van der Waals surface area contributed by atoms with Crippen LogP contribution in [0.5, 0.6) is 0 Å². The molecule has 0 aliphatic rings. The molecule has 112 valence electrons. The Kier molecular flexibility index (Phi) is 4.63. The molecule has 4 nitrogen and oxygen atoms in total. The van der Waals surface area contributed by atoms with E-state index >= 15 is 0 Å². The third kappa shape index (κ3) is 4.56. The molecule has 0 aromatic carbocycles. The minimum Gasteiger partial charge on any atom is -0.444 e. The molecule has 0 aliphatic heterocycles. The predicted molar refractivity (Wildman–Crippen MR) is 85.3 cm³/mol. The molecule has 0 N–H and O–H groups in total. The number of carbonyl (C=O) groups excluding carboxylic acids is 1. The zero-order valence-electron chi connectivity index (χ0n) is 12.8. The average Bonchev–Trinajstić information content (AvgIpc) is 2.86. The van der Waals surface area contributed by atoms with Crippen molar-refractivity contribution < 1.29 is 9.53 Å². The van der Waals surface area contributed by atoms with Crippen molar-refractivity contribution in [2.24, 2.45) is 0 Å². The molecule has 0 fully saturated rings. The van der Waals surface area contributed by atoms with Crippen LogP contribution in [0.25, 0.3) is 10.4 Å². The zero-order valence-corrected chi connectivity index (χ0v) is 13.6. The quantitative estimate of drug-likeness (QED) is 0.854. The number of amides is 1. The van der Waals surface area contributed by atoms with E-state index in [1.165, 1.54) is 4.88 Å². The fraction of sp³-hybridized carbons (Fsp3) is 0.375. The Morgan fingerprint density at radius 2 is 1.90 bits per heavy atom. The Labute approximate surface area is 129 Å². The van der Waals surface area contributed by atoms with Crippen molar-refractivity contribution in [1.29, 1.82) is 0 Å². The molecule has 1 amide bonds. The van der Waals surface area contributed by atoms with Crippen LogP contribution in [0.3, 0.4) is 0 Å². The van der Waals surface area contributed by atoms with Gasteiger partial charge in [0, 0.05) is 29.2 Å². The van der Waals surface area contributed by atoms with Crippen molar-refractivity contribution in [3.63, 3.8) is 0 Å². The van der Waals surface area contributed by atoms with E-state index in [0.717, 1.165) is 10.4 Å². The number of thiophene rings is 1. The Balaban J connectivity index is 2.01. The maximum absolute atomic E-state index is 11.9. The third-order valence-corrected chi connectivity index (χ3v) is 3.84. The van der Waals surface area contributed by atoms with Crippen LogP contribution in [-0.2, 0) is 11.3 Å². The topological polar surface area (TPSA) is 42.4 Å². The highest BCUT2D eigenvalue weighted by Gasteiger charge is 2.20. The molecule has 21 heavy (non-hydrogen) atoms. The van der Waals surface area contributed by atoms with Crippen LogP contribution in [0.2, 0.25) is 0 Å². The van der Waals surface area contributed by atoms with Gasteiger partial charge >= 0.3 is 6.09 Å². The van der Waals surface area contributed by atoms with Gasteiger partial charge in [-0.05, 0) is 50.6 Å². The number of ether oxygens (including phenoxy) is 1. The monoisotopic (exact) mass is 304 g/mol. The van der Waals surface area contributed by atoms with Gasteiger partial charge in [0.05, 0.1) is 6.54 Å². The lowest BCUT2D eigenvalue weighted by molar-refractivity contribution is 0.0287. The largest absolute Gasteiger partial charge is 0.444 e. The molecular weight excluding hydrogens is 284 g/mol. The highest BCUT2D eigenvalue weighted by atomic mass is 32.1. The summed E-state index contributed by atoms with van der Waals surface area (Å²) in [6.45, 7) is 6.15. The van der Waals surface area contributed by atoms with E-state index in [4.69, 9.17) is 4.74 Å².